The molecule has 0 radical (unpaired) electrons. The molecule has 0 bridgehead atoms. The number of carbonyl (C=O) groups is 1. The molecule has 0 aromatic heterocycles. The van der Waals surface area contributed by atoms with Gasteiger partial charge in [0, 0.05) is 6.54 Å². The standard InChI is InChI=1S/C18H25FN2O2/c19-14-7-8-16-13(10-14)4-2-6-17(16)21-18(23)20-11-12-3-1-5-15(22)9-12/h7-8,10,12,15,17,22H,1-6,9,11H2,(H2,20,21,23)/t12-,15+,17-/m1/s1. The summed E-state index contributed by atoms with van der Waals surface area (Å²) in [5, 5.41) is 15.6. The molecule has 0 aliphatic heterocycles. The Balaban J connectivity index is 1.52. The first-order chi connectivity index (χ1) is 11.1. The smallest absolute Gasteiger partial charge is 0.315 e. The van der Waals surface area contributed by atoms with Crippen molar-refractivity contribution in [2.75, 3.05) is 6.54 Å². The van der Waals surface area contributed by atoms with Crippen LogP contribution >= 0.6 is 0 Å². The summed E-state index contributed by atoms with van der Waals surface area (Å²) < 4.78 is 13.3. The van der Waals surface area contributed by atoms with E-state index in [2.05, 4.69) is 10.6 Å². The van der Waals surface area contributed by atoms with Crippen molar-refractivity contribution in [1.29, 1.82) is 0 Å². The Morgan fingerprint density at radius 1 is 1.26 bits per heavy atom. The molecule has 0 heterocycles. The van der Waals surface area contributed by atoms with Gasteiger partial charge in [0.1, 0.15) is 5.82 Å². The number of nitrogens with one attached hydrogen (secondary N) is 2. The number of carbonyl (C=O) groups excluding carboxylic acids is 1. The number of urea groups is 1. The first kappa shape index (κ1) is 16.2. The number of hydrogen-bond acceptors (Lipinski definition) is 2. The van der Waals surface area contributed by atoms with Crippen molar-refractivity contribution in [2.24, 2.45) is 5.92 Å². The third-order valence-electron chi connectivity index (χ3n) is 5.03. The quantitative estimate of drug-likeness (QED) is 0.801. The Morgan fingerprint density at radius 2 is 2.13 bits per heavy atom. The highest BCUT2D eigenvalue weighted by atomic mass is 19.1. The lowest BCUT2D eigenvalue weighted by Gasteiger charge is -2.28. The van der Waals surface area contributed by atoms with Gasteiger partial charge in [0.15, 0.2) is 0 Å². The van der Waals surface area contributed by atoms with Gasteiger partial charge in [0.25, 0.3) is 0 Å². The van der Waals surface area contributed by atoms with Crippen LogP contribution in [-0.2, 0) is 6.42 Å². The van der Waals surface area contributed by atoms with Gasteiger partial charge in [-0.15, -0.1) is 0 Å². The number of rotatable bonds is 3. The average molecular weight is 320 g/mol. The minimum Gasteiger partial charge on any atom is -0.393 e. The zero-order valence-corrected chi connectivity index (χ0v) is 13.4. The van der Waals surface area contributed by atoms with Crippen molar-refractivity contribution < 1.29 is 14.3 Å². The van der Waals surface area contributed by atoms with E-state index in [9.17, 15) is 14.3 Å². The normalized spacial score (nSPS) is 27.1. The summed E-state index contributed by atoms with van der Waals surface area (Å²) in [6, 6.07) is 4.60. The molecule has 23 heavy (non-hydrogen) atoms. The zero-order chi connectivity index (χ0) is 16.2. The minimum atomic E-state index is -0.223. The monoisotopic (exact) mass is 320 g/mol. The second-order valence-corrected chi connectivity index (χ2v) is 6.83. The lowest BCUT2D eigenvalue weighted by atomic mass is 9.87. The summed E-state index contributed by atoms with van der Waals surface area (Å²) in [6.45, 7) is 0.603. The molecule has 3 rings (SSSR count). The van der Waals surface area contributed by atoms with Crippen LogP contribution in [0.2, 0.25) is 0 Å². The zero-order valence-electron chi connectivity index (χ0n) is 13.4. The average Bonchev–Trinajstić information content (AvgIpc) is 2.53. The third-order valence-corrected chi connectivity index (χ3v) is 5.03. The second-order valence-electron chi connectivity index (χ2n) is 6.83. The lowest BCUT2D eigenvalue weighted by molar-refractivity contribution is 0.101. The summed E-state index contributed by atoms with van der Waals surface area (Å²) in [7, 11) is 0. The van der Waals surface area contributed by atoms with E-state index in [1.165, 1.54) is 6.07 Å². The molecule has 1 saturated carbocycles. The molecule has 1 aromatic carbocycles. The van der Waals surface area contributed by atoms with Crippen LogP contribution in [0.25, 0.3) is 0 Å². The van der Waals surface area contributed by atoms with Crippen molar-refractivity contribution in [1.82, 2.24) is 10.6 Å². The first-order valence-corrected chi connectivity index (χ1v) is 8.62. The molecule has 1 fully saturated rings. The molecule has 0 saturated heterocycles. The van der Waals surface area contributed by atoms with Crippen molar-refractivity contribution in [3.05, 3.63) is 35.1 Å². The van der Waals surface area contributed by atoms with Crippen LogP contribution in [-0.4, -0.2) is 23.8 Å². The molecule has 126 valence electrons. The number of halogens is 1. The van der Waals surface area contributed by atoms with E-state index in [1.54, 1.807) is 12.1 Å². The van der Waals surface area contributed by atoms with Crippen LogP contribution in [0.15, 0.2) is 18.2 Å². The number of amides is 2. The number of hydrogen-bond donors (Lipinski definition) is 3. The summed E-state index contributed by atoms with van der Waals surface area (Å²) in [4.78, 5) is 12.2. The predicted molar refractivity (Wildman–Crippen MR) is 86.6 cm³/mol. The molecule has 0 unspecified atom stereocenters. The second kappa shape index (κ2) is 7.30. The van der Waals surface area contributed by atoms with Crippen LogP contribution in [0.5, 0.6) is 0 Å². The summed E-state index contributed by atoms with van der Waals surface area (Å²) in [6.07, 6.45) is 6.21. The Hall–Kier alpha value is -1.62. The van der Waals surface area contributed by atoms with Gasteiger partial charge in [-0.05, 0) is 67.7 Å². The summed E-state index contributed by atoms with van der Waals surface area (Å²) in [5.41, 5.74) is 2.03. The van der Waals surface area contributed by atoms with Crippen LogP contribution in [0, 0.1) is 11.7 Å². The number of aliphatic hydroxyl groups excluding tert-OH is 1. The molecule has 4 nitrogen and oxygen atoms in total. The van der Waals surface area contributed by atoms with E-state index in [-0.39, 0.29) is 24.0 Å². The van der Waals surface area contributed by atoms with Crippen molar-refractivity contribution in [3.63, 3.8) is 0 Å². The first-order valence-electron chi connectivity index (χ1n) is 8.62. The highest BCUT2D eigenvalue weighted by molar-refractivity contribution is 5.74. The van der Waals surface area contributed by atoms with Gasteiger partial charge < -0.3 is 15.7 Å². The fraction of sp³-hybridized carbons (Fsp3) is 0.611. The maximum Gasteiger partial charge on any atom is 0.315 e. The Kier molecular flexibility index (Phi) is 5.16. The lowest BCUT2D eigenvalue weighted by Crippen LogP contribution is -2.42. The maximum atomic E-state index is 13.3. The van der Waals surface area contributed by atoms with Gasteiger partial charge in [0.2, 0.25) is 0 Å². The van der Waals surface area contributed by atoms with E-state index in [1.807, 2.05) is 0 Å². The molecule has 2 aliphatic carbocycles. The van der Waals surface area contributed by atoms with Crippen LogP contribution in [0.3, 0.4) is 0 Å². The van der Waals surface area contributed by atoms with Crippen molar-refractivity contribution in [3.8, 4) is 0 Å². The van der Waals surface area contributed by atoms with E-state index in [0.29, 0.717) is 12.5 Å². The predicted octanol–water partition coefficient (Wildman–Crippen LogP) is 3.05. The largest absolute Gasteiger partial charge is 0.393 e. The van der Waals surface area contributed by atoms with Crippen LogP contribution in [0.1, 0.15) is 55.7 Å². The van der Waals surface area contributed by atoms with Gasteiger partial charge >= 0.3 is 6.03 Å². The fourth-order valence-corrected chi connectivity index (χ4v) is 3.83. The molecule has 0 spiro atoms. The number of aliphatic hydroxyl groups is 1. The molecular weight excluding hydrogens is 295 g/mol. The maximum absolute atomic E-state index is 13.3. The number of aryl methyl sites for hydroxylation is 1. The molecule has 3 atom stereocenters. The van der Waals surface area contributed by atoms with Crippen LogP contribution < -0.4 is 10.6 Å². The van der Waals surface area contributed by atoms with E-state index < -0.39 is 0 Å². The highest BCUT2D eigenvalue weighted by Crippen LogP contribution is 2.30. The Morgan fingerprint density at radius 3 is 2.96 bits per heavy atom. The fourth-order valence-electron chi connectivity index (χ4n) is 3.83. The Labute approximate surface area is 136 Å². The van der Waals surface area contributed by atoms with Crippen molar-refractivity contribution >= 4 is 6.03 Å². The van der Waals surface area contributed by atoms with Gasteiger partial charge in [-0.1, -0.05) is 12.5 Å². The summed E-state index contributed by atoms with van der Waals surface area (Å²) >= 11 is 0. The minimum absolute atomic E-state index is 0.0451. The van der Waals surface area contributed by atoms with E-state index in [4.69, 9.17) is 0 Å². The highest BCUT2D eigenvalue weighted by Gasteiger charge is 2.23. The van der Waals surface area contributed by atoms with E-state index in [0.717, 1.165) is 56.1 Å². The van der Waals surface area contributed by atoms with Gasteiger partial charge in [-0.2, -0.15) is 0 Å². The molecule has 3 N–H and O–H groups in total. The van der Waals surface area contributed by atoms with Gasteiger partial charge in [0.05, 0.1) is 12.1 Å². The number of fused-ring (bicyclic) bond motifs is 1. The number of benzene rings is 1. The molecule has 2 aliphatic rings. The topological polar surface area (TPSA) is 61.4 Å². The van der Waals surface area contributed by atoms with Gasteiger partial charge in [-0.25, -0.2) is 9.18 Å². The third kappa shape index (κ3) is 4.22. The molecule has 5 heteroatoms. The van der Waals surface area contributed by atoms with Crippen molar-refractivity contribution in [2.45, 2.75) is 57.1 Å². The van der Waals surface area contributed by atoms with Gasteiger partial charge in [-0.3, -0.25) is 0 Å². The Bertz CT molecular complexity index is 564. The summed E-state index contributed by atoms with van der Waals surface area (Å²) in [5.74, 6) is 0.141. The SMILES string of the molecule is O=C(NC[C@@H]1CCC[C@H](O)C1)N[C@@H]1CCCc2cc(F)ccc21. The molecule has 1 aromatic rings. The molecular formula is C18H25FN2O2. The van der Waals surface area contributed by atoms with Crippen LogP contribution in [0.4, 0.5) is 9.18 Å². The van der Waals surface area contributed by atoms with E-state index >= 15 is 0 Å². The molecule has 2 amide bonds.